The Hall–Kier alpha value is -4.66. The molecule has 2 aromatic carbocycles. The summed E-state index contributed by atoms with van der Waals surface area (Å²) in [5.41, 5.74) is 2.70. The lowest BCUT2D eigenvalue weighted by atomic mass is 10.1. The summed E-state index contributed by atoms with van der Waals surface area (Å²) in [5, 5.41) is 29.9. The monoisotopic (exact) mass is 495 g/mol. The molecule has 5 aromatic heterocycles. The van der Waals surface area contributed by atoms with Crippen LogP contribution in [0.1, 0.15) is 5.56 Å². The molecule has 0 radical (unpaired) electrons. The van der Waals surface area contributed by atoms with E-state index in [1.807, 2.05) is 47.2 Å². The first-order chi connectivity index (χ1) is 17.1. The average Bonchev–Trinajstić information content (AvgIpc) is 3.66. The van der Waals surface area contributed by atoms with Gasteiger partial charge in [-0.1, -0.05) is 18.2 Å². The van der Waals surface area contributed by atoms with Crippen molar-refractivity contribution in [3.8, 4) is 17.5 Å². The van der Waals surface area contributed by atoms with Crippen molar-refractivity contribution in [3.63, 3.8) is 0 Å². The minimum absolute atomic E-state index is 0.0750. The summed E-state index contributed by atoms with van der Waals surface area (Å²) in [6, 6.07) is 16.8. The van der Waals surface area contributed by atoms with E-state index in [0.29, 0.717) is 16.8 Å². The second-order valence-corrected chi connectivity index (χ2v) is 9.44. The molecule has 0 bridgehead atoms. The largest absolute Gasteiger partial charge is 0.321 e. The Labute approximate surface area is 203 Å². The minimum Gasteiger partial charge on any atom is -0.321 e. The molecular weight excluding hydrogens is 482 g/mol. The highest BCUT2D eigenvalue weighted by atomic mass is 32.1. The number of hydrogen-bond acceptors (Lipinski definition) is 8. The zero-order chi connectivity index (χ0) is 23.9. The van der Waals surface area contributed by atoms with E-state index in [1.54, 1.807) is 34.8 Å². The van der Waals surface area contributed by atoms with Crippen LogP contribution in [0.4, 0.5) is 0 Å². The van der Waals surface area contributed by atoms with Crippen LogP contribution in [0.25, 0.3) is 53.4 Å². The molecule has 0 spiro atoms. The van der Waals surface area contributed by atoms with Gasteiger partial charge in [-0.25, -0.2) is 0 Å². The van der Waals surface area contributed by atoms with Gasteiger partial charge in [-0.3, -0.25) is 9.59 Å². The van der Waals surface area contributed by atoms with Crippen LogP contribution in [0.3, 0.4) is 0 Å². The van der Waals surface area contributed by atoms with Crippen LogP contribution in [0, 0.1) is 11.3 Å². The Kier molecular flexibility index (Phi) is 4.95. The van der Waals surface area contributed by atoms with Crippen LogP contribution in [0.2, 0.25) is 0 Å². The molecule has 3 N–H and O–H groups in total. The number of aromatic nitrogens is 6. The number of tetrazole rings is 1. The van der Waals surface area contributed by atoms with Crippen molar-refractivity contribution < 1.29 is 0 Å². The molecule has 5 heterocycles. The molecule has 0 unspecified atom stereocenters. The van der Waals surface area contributed by atoms with Crippen LogP contribution in [0.15, 0.2) is 68.9 Å². The first-order valence-electron chi connectivity index (χ1n) is 10.3. The molecule has 0 aliphatic heterocycles. The Balaban J connectivity index is 0.000000133. The van der Waals surface area contributed by atoms with Crippen molar-refractivity contribution in [1.82, 2.24) is 30.6 Å². The van der Waals surface area contributed by atoms with Crippen molar-refractivity contribution in [2.45, 2.75) is 0 Å². The maximum absolute atomic E-state index is 12.0. The van der Waals surface area contributed by atoms with Crippen molar-refractivity contribution in [2.75, 3.05) is 0 Å². The zero-order valence-corrected chi connectivity index (χ0v) is 19.3. The van der Waals surface area contributed by atoms with Crippen LogP contribution in [-0.4, -0.2) is 30.6 Å². The molecule has 7 rings (SSSR count). The Morgan fingerprint density at radius 3 is 2.00 bits per heavy atom. The molecule has 0 saturated heterocycles. The fourth-order valence-corrected chi connectivity index (χ4v) is 5.82. The van der Waals surface area contributed by atoms with E-state index in [9.17, 15) is 9.59 Å². The number of nitrogens with one attached hydrogen (secondary N) is 3. The van der Waals surface area contributed by atoms with E-state index in [1.165, 1.54) is 0 Å². The standard InChI is InChI=1S/C12H7N5OS.C12H6N2OS/c18-12-8-3-4-19-10(8)7-2-1-6(5-9(7)13-12)11-14-16-17-15-11;13-6-7-1-2-8-10(5-7)14-12(15)9-3-4-16-11(8)9/h1-5H,(H,13,18)(H,14,15,16,17);1-5H,(H,14,15). The number of hydrogen-bond donors (Lipinski definition) is 3. The van der Waals surface area contributed by atoms with Gasteiger partial charge in [0.1, 0.15) is 0 Å². The molecule has 0 amide bonds. The second kappa shape index (κ2) is 8.28. The number of rotatable bonds is 1. The van der Waals surface area contributed by atoms with Gasteiger partial charge in [0.05, 0.1) is 33.4 Å². The molecule has 0 aliphatic rings. The SMILES string of the molecule is N#Cc1ccc2c(c1)[nH]c(=O)c1ccsc12.O=c1[nH]c2cc(-c3nn[nH]n3)ccc2c2sccc12. The van der Waals surface area contributed by atoms with Gasteiger partial charge in [-0.05, 0) is 46.3 Å². The van der Waals surface area contributed by atoms with Crippen LogP contribution >= 0.6 is 22.7 Å². The molecule has 35 heavy (non-hydrogen) atoms. The third kappa shape index (κ3) is 3.57. The molecule has 0 fully saturated rings. The fraction of sp³-hybridized carbons (Fsp3) is 0. The van der Waals surface area contributed by atoms with Gasteiger partial charge in [0.25, 0.3) is 11.1 Å². The molecule has 168 valence electrons. The first-order valence-corrected chi connectivity index (χ1v) is 12.1. The number of pyridine rings is 2. The maximum atomic E-state index is 12.0. The maximum Gasteiger partial charge on any atom is 0.257 e. The summed E-state index contributed by atoms with van der Waals surface area (Å²) in [4.78, 5) is 29.4. The molecule has 7 aromatic rings. The van der Waals surface area contributed by atoms with E-state index in [0.717, 1.165) is 42.2 Å². The van der Waals surface area contributed by atoms with E-state index in [4.69, 9.17) is 5.26 Å². The summed E-state index contributed by atoms with van der Waals surface area (Å²) >= 11 is 3.11. The Bertz CT molecular complexity index is 2030. The smallest absolute Gasteiger partial charge is 0.257 e. The average molecular weight is 496 g/mol. The first kappa shape index (κ1) is 20.9. The highest BCUT2D eigenvalue weighted by Gasteiger charge is 2.09. The number of H-pyrrole nitrogens is 3. The van der Waals surface area contributed by atoms with Crippen molar-refractivity contribution in [2.24, 2.45) is 0 Å². The Morgan fingerprint density at radius 2 is 1.40 bits per heavy atom. The van der Waals surface area contributed by atoms with Gasteiger partial charge in [0.15, 0.2) is 0 Å². The summed E-state index contributed by atoms with van der Waals surface area (Å²) in [6.45, 7) is 0. The summed E-state index contributed by atoms with van der Waals surface area (Å²) in [6.07, 6.45) is 0. The molecule has 11 heteroatoms. The predicted octanol–water partition coefficient (Wildman–Crippen LogP) is 4.54. The third-order valence-corrected chi connectivity index (χ3v) is 7.47. The van der Waals surface area contributed by atoms with Gasteiger partial charge in [-0.15, -0.1) is 32.9 Å². The summed E-state index contributed by atoms with van der Waals surface area (Å²) in [7, 11) is 0. The number of nitriles is 1. The van der Waals surface area contributed by atoms with Gasteiger partial charge < -0.3 is 9.97 Å². The van der Waals surface area contributed by atoms with E-state index in [-0.39, 0.29) is 11.1 Å². The predicted molar refractivity (Wildman–Crippen MR) is 138 cm³/mol. The highest BCUT2D eigenvalue weighted by Crippen LogP contribution is 2.28. The number of aromatic amines is 3. The van der Waals surface area contributed by atoms with Crippen molar-refractivity contribution in [1.29, 1.82) is 5.26 Å². The number of fused-ring (bicyclic) bond motifs is 6. The Morgan fingerprint density at radius 1 is 0.771 bits per heavy atom. The van der Waals surface area contributed by atoms with Crippen molar-refractivity contribution >= 4 is 64.7 Å². The van der Waals surface area contributed by atoms with Gasteiger partial charge in [0.2, 0.25) is 5.82 Å². The number of thiophene rings is 2. The fourth-order valence-electron chi connectivity index (χ4n) is 3.96. The highest BCUT2D eigenvalue weighted by molar-refractivity contribution is 7.18. The summed E-state index contributed by atoms with van der Waals surface area (Å²) in [5.74, 6) is 0.508. The zero-order valence-electron chi connectivity index (χ0n) is 17.7. The van der Waals surface area contributed by atoms with Crippen molar-refractivity contribution in [3.05, 3.63) is 85.6 Å². The third-order valence-electron chi connectivity index (χ3n) is 5.58. The van der Waals surface area contributed by atoms with Gasteiger partial charge in [-0.2, -0.15) is 10.5 Å². The van der Waals surface area contributed by atoms with Crippen LogP contribution < -0.4 is 11.1 Å². The van der Waals surface area contributed by atoms with Gasteiger partial charge >= 0.3 is 0 Å². The molecule has 0 aliphatic carbocycles. The lowest BCUT2D eigenvalue weighted by Gasteiger charge is -2.01. The molecule has 0 atom stereocenters. The van der Waals surface area contributed by atoms with E-state index >= 15 is 0 Å². The van der Waals surface area contributed by atoms with Crippen LogP contribution in [-0.2, 0) is 0 Å². The number of benzene rings is 2. The van der Waals surface area contributed by atoms with Crippen LogP contribution in [0.5, 0.6) is 0 Å². The van der Waals surface area contributed by atoms with Gasteiger partial charge in [0, 0.05) is 25.7 Å². The van der Waals surface area contributed by atoms with E-state index < -0.39 is 0 Å². The molecular formula is C24H13N7O2S2. The lowest BCUT2D eigenvalue weighted by molar-refractivity contribution is 0.881. The molecule has 9 nitrogen and oxygen atoms in total. The summed E-state index contributed by atoms with van der Waals surface area (Å²) < 4.78 is 1.97. The minimum atomic E-state index is -0.0983. The topological polar surface area (TPSA) is 144 Å². The molecule has 0 saturated carbocycles. The number of nitrogens with zero attached hydrogens (tertiary/aromatic N) is 4. The second-order valence-electron chi connectivity index (χ2n) is 7.60. The quantitative estimate of drug-likeness (QED) is 0.305. The van der Waals surface area contributed by atoms with E-state index in [2.05, 4.69) is 36.7 Å². The normalized spacial score (nSPS) is 11.1. The lowest BCUT2D eigenvalue weighted by Crippen LogP contribution is -2.04.